The molecular weight excluding hydrogens is 226 g/mol. The molecule has 0 aliphatic carbocycles. The van der Waals surface area contributed by atoms with Gasteiger partial charge in [-0.05, 0) is 0 Å². The Kier molecular flexibility index (Phi) is 5.37. The smallest absolute Gasteiger partial charge is 0.291 e. The van der Waals surface area contributed by atoms with Crippen LogP contribution in [0.3, 0.4) is 0 Å². The quantitative estimate of drug-likeness (QED) is 0.644. The number of aromatic amines is 1. The van der Waals surface area contributed by atoms with E-state index in [2.05, 4.69) is 15.2 Å². The van der Waals surface area contributed by atoms with Gasteiger partial charge >= 0.3 is 0 Å². The van der Waals surface area contributed by atoms with Crippen molar-refractivity contribution in [3.63, 3.8) is 0 Å². The molecule has 3 N–H and O–H groups in total. The van der Waals surface area contributed by atoms with Crippen molar-refractivity contribution in [2.45, 2.75) is 0 Å². The van der Waals surface area contributed by atoms with Gasteiger partial charge < -0.3 is 20.1 Å². The summed E-state index contributed by atoms with van der Waals surface area (Å²) >= 11 is 0. The first-order valence-corrected chi connectivity index (χ1v) is 5.14. The Labute approximate surface area is 99.1 Å². The van der Waals surface area contributed by atoms with E-state index >= 15 is 0 Å². The zero-order valence-electron chi connectivity index (χ0n) is 9.97. The number of aromatic nitrogens is 3. The summed E-state index contributed by atoms with van der Waals surface area (Å²) in [7, 11) is 3.15. The van der Waals surface area contributed by atoms with Crippen LogP contribution in [-0.2, 0) is 9.47 Å². The maximum absolute atomic E-state index is 12.0. The van der Waals surface area contributed by atoms with Crippen LogP contribution >= 0.6 is 0 Å². The van der Waals surface area contributed by atoms with Crippen molar-refractivity contribution in [3.8, 4) is 0 Å². The minimum Gasteiger partial charge on any atom is -0.383 e. The van der Waals surface area contributed by atoms with E-state index in [1.54, 1.807) is 19.1 Å². The number of nitrogens with zero attached hydrogens (tertiary/aromatic N) is 3. The second-order valence-electron chi connectivity index (χ2n) is 3.32. The van der Waals surface area contributed by atoms with E-state index in [0.717, 1.165) is 0 Å². The number of ether oxygens (including phenoxy) is 2. The normalized spacial score (nSPS) is 10.5. The van der Waals surface area contributed by atoms with Crippen molar-refractivity contribution in [2.24, 2.45) is 0 Å². The lowest BCUT2D eigenvalue weighted by Gasteiger charge is -2.20. The highest BCUT2D eigenvalue weighted by molar-refractivity contribution is 5.90. The molecule has 0 fully saturated rings. The standard InChI is InChI=1S/C9H17N5O3/c1-16-5-3-14(4-6-17-2)8(15)7-11-9(10)13-12-7/h3-6H2,1-2H3,(H3,10,11,12,13). The first kappa shape index (κ1) is 13.4. The van der Waals surface area contributed by atoms with E-state index in [9.17, 15) is 4.79 Å². The highest BCUT2D eigenvalue weighted by atomic mass is 16.5. The van der Waals surface area contributed by atoms with E-state index in [1.807, 2.05) is 0 Å². The van der Waals surface area contributed by atoms with Gasteiger partial charge in [-0.2, -0.15) is 4.98 Å². The molecule has 0 aliphatic rings. The average Bonchev–Trinajstić information content (AvgIpc) is 2.75. The van der Waals surface area contributed by atoms with Gasteiger partial charge in [0.25, 0.3) is 5.91 Å². The number of H-pyrrole nitrogens is 1. The zero-order valence-corrected chi connectivity index (χ0v) is 9.97. The molecule has 1 rings (SSSR count). The molecule has 1 aromatic heterocycles. The Bertz CT molecular complexity index is 346. The number of methoxy groups -OCH3 is 2. The fourth-order valence-electron chi connectivity index (χ4n) is 1.24. The van der Waals surface area contributed by atoms with Crippen molar-refractivity contribution >= 4 is 11.9 Å². The maximum atomic E-state index is 12.0. The Hall–Kier alpha value is -1.67. The van der Waals surface area contributed by atoms with Gasteiger partial charge in [0, 0.05) is 27.3 Å². The van der Waals surface area contributed by atoms with Crippen molar-refractivity contribution < 1.29 is 14.3 Å². The number of hydrogen-bond acceptors (Lipinski definition) is 6. The molecule has 0 spiro atoms. The van der Waals surface area contributed by atoms with Gasteiger partial charge in [0.2, 0.25) is 11.8 Å². The summed E-state index contributed by atoms with van der Waals surface area (Å²) < 4.78 is 9.88. The SMILES string of the molecule is COCCN(CCOC)C(=O)c1nc(N)n[nH]1. The van der Waals surface area contributed by atoms with Crippen molar-refractivity contribution in [1.82, 2.24) is 20.1 Å². The number of nitrogens with one attached hydrogen (secondary N) is 1. The number of nitrogens with two attached hydrogens (primary N) is 1. The van der Waals surface area contributed by atoms with Crippen LogP contribution in [0, 0.1) is 0 Å². The van der Waals surface area contributed by atoms with Gasteiger partial charge in [-0.25, -0.2) is 0 Å². The Balaban J connectivity index is 2.64. The second-order valence-corrected chi connectivity index (χ2v) is 3.32. The summed E-state index contributed by atoms with van der Waals surface area (Å²) in [6, 6.07) is 0. The van der Waals surface area contributed by atoms with Crippen molar-refractivity contribution in [3.05, 3.63) is 5.82 Å². The molecule has 0 aliphatic heterocycles. The molecule has 1 aromatic rings. The second kappa shape index (κ2) is 6.81. The van der Waals surface area contributed by atoms with Crippen LogP contribution in [0.1, 0.15) is 10.6 Å². The van der Waals surface area contributed by atoms with E-state index in [-0.39, 0.29) is 17.7 Å². The van der Waals surface area contributed by atoms with Crippen LogP contribution in [-0.4, -0.2) is 66.5 Å². The van der Waals surface area contributed by atoms with Gasteiger partial charge in [-0.3, -0.25) is 9.89 Å². The fraction of sp³-hybridized carbons (Fsp3) is 0.667. The summed E-state index contributed by atoms with van der Waals surface area (Å²) in [5.41, 5.74) is 5.34. The highest BCUT2D eigenvalue weighted by Crippen LogP contribution is 2.00. The molecule has 0 aromatic carbocycles. The van der Waals surface area contributed by atoms with E-state index in [4.69, 9.17) is 15.2 Å². The van der Waals surface area contributed by atoms with E-state index in [0.29, 0.717) is 26.3 Å². The summed E-state index contributed by atoms with van der Waals surface area (Å²) in [6.45, 7) is 1.80. The minimum atomic E-state index is -0.275. The summed E-state index contributed by atoms with van der Waals surface area (Å²) in [5, 5.41) is 6.09. The van der Waals surface area contributed by atoms with Gasteiger partial charge in [0.05, 0.1) is 13.2 Å². The first-order valence-electron chi connectivity index (χ1n) is 5.14. The van der Waals surface area contributed by atoms with Crippen LogP contribution in [0.2, 0.25) is 0 Å². The lowest BCUT2D eigenvalue weighted by molar-refractivity contribution is 0.0616. The van der Waals surface area contributed by atoms with Crippen LogP contribution in [0.5, 0.6) is 0 Å². The van der Waals surface area contributed by atoms with Gasteiger partial charge in [-0.1, -0.05) is 0 Å². The molecule has 0 unspecified atom stereocenters. The van der Waals surface area contributed by atoms with E-state index < -0.39 is 0 Å². The molecule has 0 atom stereocenters. The van der Waals surface area contributed by atoms with Crippen molar-refractivity contribution in [1.29, 1.82) is 0 Å². The lowest BCUT2D eigenvalue weighted by Crippen LogP contribution is -2.37. The van der Waals surface area contributed by atoms with Crippen molar-refractivity contribution in [2.75, 3.05) is 46.3 Å². The molecule has 0 bridgehead atoms. The minimum absolute atomic E-state index is 0.0479. The number of hydrogen-bond donors (Lipinski definition) is 2. The Morgan fingerprint density at radius 1 is 1.35 bits per heavy atom. The van der Waals surface area contributed by atoms with Gasteiger partial charge in [0.1, 0.15) is 0 Å². The van der Waals surface area contributed by atoms with Crippen LogP contribution in [0.15, 0.2) is 0 Å². The number of anilines is 1. The maximum Gasteiger partial charge on any atom is 0.291 e. The monoisotopic (exact) mass is 243 g/mol. The van der Waals surface area contributed by atoms with Gasteiger partial charge in [0.15, 0.2) is 0 Å². The van der Waals surface area contributed by atoms with E-state index in [1.165, 1.54) is 0 Å². The molecule has 0 saturated heterocycles. The molecular formula is C9H17N5O3. The molecule has 1 heterocycles. The summed E-state index contributed by atoms with van der Waals surface area (Å²) in [6.07, 6.45) is 0. The Morgan fingerprint density at radius 3 is 2.35 bits per heavy atom. The zero-order chi connectivity index (χ0) is 12.7. The average molecular weight is 243 g/mol. The third kappa shape index (κ3) is 4.00. The predicted molar refractivity (Wildman–Crippen MR) is 60.5 cm³/mol. The topological polar surface area (TPSA) is 106 Å². The van der Waals surface area contributed by atoms with Crippen LogP contribution < -0.4 is 5.73 Å². The highest BCUT2D eigenvalue weighted by Gasteiger charge is 2.18. The summed E-state index contributed by atoms with van der Waals surface area (Å²) in [4.78, 5) is 17.3. The number of carbonyl (C=O) groups excluding carboxylic acids is 1. The number of amides is 1. The third-order valence-corrected chi connectivity index (χ3v) is 2.12. The van der Waals surface area contributed by atoms with Crippen LogP contribution in [0.4, 0.5) is 5.95 Å². The summed E-state index contributed by atoms with van der Waals surface area (Å²) in [5.74, 6) is -0.107. The molecule has 96 valence electrons. The number of rotatable bonds is 7. The first-order chi connectivity index (χ1) is 8.19. The van der Waals surface area contributed by atoms with Crippen LogP contribution in [0.25, 0.3) is 0 Å². The molecule has 8 nitrogen and oxygen atoms in total. The molecule has 17 heavy (non-hydrogen) atoms. The molecule has 0 saturated carbocycles. The van der Waals surface area contributed by atoms with Gasteiger partial charge in [-0.15, -0.1) is 5.10 Å². The lowest BCUT2D eigenvalue weighted by atomic mass is 10.4. The Morgan fingerprint density at radius 2 is 1.94 bits per heavy atom. The molecule has 8 heteroatoms. The fourth-order valence-corrected chi connectivity index (χ4v) is 1.24. The number of nitrogen functional groups attached to an aromatic ring is 1. The third-order valence-electron chi connectivity index (χ3n) is 2.12. The number of carbonyl (C=O) groups is 1. The largest absolute Gasteiger partial charge is 0.383 e. The molecule has 0 radical (unpaired) electrons. The molecule has 1 amide bonds. The predicted octanol–water partition coefficient (Wildman–Crippen LogP) is -0.878.